The fourth-order valence-corrected chi connectivity index (χ4v) is 2.26. The summed E-state index contributed by atoms with van der Waals surface area (Å²) < 4.78 is 19.2. The van der Waals surface area contributed by atoms with Crippen molar-refractivity contribution in [3.05, 3.63) is 50.3 Å². The van der Waals surface area contributed by atoms with Gasteiger partial charge in [-0.1, -0.05) is 23.2 Å². The normalized spacial score (nSPS) is 10.6. The summed E-state index contributed by atoms with van der Waals surface area (Å²) in [5.41, 5.74) is 0.554. The predicted molar refractivity (Wildman–Crippen MR) is 74.4 cm³/mol. The fraction of sp³-hybridized carbons (Fsp3) is 0.0833. The third kappa shape index (κ3) is 3.36. The molecule has 100 valence electrons. The first-order valence-electron chi connectivity index (χ1n) is 5.09. The molecule has 0 amide bonds. The van der Waals surface area contributed by atoms with Crippen LogP contribution in [0.5, 0.6) is 11.6 Å². The van der Waals surface area contributed by atoms with E-state index in [9.17, 15) is 4.39 Å². The molecule has 0 radical (unpaired) electrons. The van der Waals surface area contributed by atoms with Crippen LogP contribution in [0.3, 0.4) is 0 Å². The Labute approximate surface area is 127 Å². The number of aliphatic hydroxyl groups is 1. The van der Waals surface area contributed by atoms with E-state index in [1.54, 1.807) is 0 Å². The molecule has 0 aliphatic rings. The topological polar surface area (TPSA) is 42.4 Å². The van der Waals surface area contributed by atoms with Gasteiger partial charge in [-0.05, 0) is 33.6 Å². The van der Waals surface area contributed by atoms with Crippen molar-refractivity contribution in [2.24, 2.45) is 0 Å². The Morgan fingerprint density at radius 1 is 1.26 bits per heavy atom. The molecule has 2 aromatic rings. The van der Waals surface area contributed by atoms with Crippen LogP contribution in [0.4, 0.5) is 4.39 Å². The van der Waals surface area contributed by atoms with Crippen molar-refractivity contribution in [2.75, 3.05) is 0 Å². The van der Waals surface area contributed by atoms with E-state index in [0.29, 0.717) is 10.0 Å². The number of aromatic nitrogens is 1. The van der Waals surface area contributed by atoms with Crippen LogP contribution in [-0.4, -0.2) is 10.1 Å². The zero-order valence-corrected chi connectivity index (χ0v) is 12.4. The van der Waals surface area contributed by atoms with Gasteiger partial charge >= 0.3 is 0 Å². The number of halogens is 4. The lowest BCUT2D eigenvalue weighted by atomic mass is 10.3. The molecule has 0 aliphatic carbocycles. The molecule has 0 unspecified atom stereocenters. The van der Waals surface area contributed by atoms with E-state index in [0.717, 1.165) is 6.07 Å². The molecule has 19 heavy (non-hydrogen) atoms. The van der Waals surface area contributed by atoms with Crippen molar-refractivity contribution in [1.82, 2.24) is 4.98 Å². The SMILES string of the molecule is OCc1cnc(Oc2cc(F)c(Cl)cc2Br)c(Cl)c1. The average Bonchev–Trinajstić information content (AvgIpc) is 2.38. The highest BCUT2D eigenvalue weighted by atomic mass is 79.9. The molecule has 1 heterocycles. The molecule has 0 bridgehead atoms. The van der Waals surface area contributed by atoms with Crippen molar-refractivity contribution < 1.29 is 14.2 Å². The first kappa shape index (κ1) is 14.5. The van der Waals surface area contributed by atoms with Crippen molar-refractivity contribution >= 4 is 39.1 Å². The van der Waals surface area contributed by atoms with Crippen molar-refractivity contribution in [1.29, 1.82) is 0 Å². The van der Waals surface area contributed by atoms with Gasteiger partial charge in [0.1, 0.15) is 16.6 Å². The smallest absolute Gasteiger partial charge is 0.238 e. The number of pyridine rings is 1. The van der Waals surface area contributed by atoms with Gasteiger partial charge in [-0.15, -0.1) is 0 Å². The van der Waals surface area contributed by atoms with E-state index in [1.807, 2.05) is 0 Å². The van der Waals surface area contributed by atoms with E-state index >= 15 is 0 Å². The highest BCUT2D eigenvalue weighted by Gasteiger charge is 2.12. The van der Waals surface area contributed by atoms with Gasteiger partial charge in [0.05, 0.1) is 16.1 Å². The third-order valence-electron chi connectivity index (χ3n) is 2.23. The maximum Gasteiger partial charge on any atom is 0.238 e. The Hall–Kier alpha value is -0.880. The molecule has 0 spiro atoms. The largest absolute Gasteiger partial charge is 0.436 e. The summed E-state index contributed by atoms with van der Waals surface area (Å²) in [4.78, 5) is 3.95. The lowest BCUT2D eigenvalue weighted by molar-refractivity contribution is 0.281. The van der Waals surface area contributed by atoms with E-state index in [1.165, 1.54) is 18.3 Å². The summed E-state index contributed by atoms with van der Waals surface area (Å²) in [6, 6.07) is 4.02. The van der Waals surface area contributed by atoms with Crippen LogP contribution in [0, 0.1) is 5.82 Å². The van der Waals surface area contributed by atoms with Crippen LogP contribution in [0.2, 0.25) is 10.0 Å². The van der Waals surface area contributed by atoms with Gasteiger partial charge in [0.2, 0.25) is 5.88 Å². The monoisotopic (exact) mass is 365 g/mol. The third-order valence-corrected chi connectivity index (χ3v) is 3.41. The zero-order valence-electron chi connectivity index (χ0n) is 9.33. The Bertz CT molecular complexity index is 625. The van der Waals surface area contributed by atoms with Crippen molar-refractivity contribution in [3.63, 3.8) is 0 Å². The molecule has 0 atom stereocenters. The summed E-state index contributed by atoms with van der Waals surface area (Å²) in [5, 5.41) is 9.14. The molecular formula is C12H7BrCl2FNO2. The lowest BCUT2D eigenvalue weighted by Crippen LogP contribution is -1.93. The number of benzene rings is 1. The number of ether oxygens (including phenoxy) is 1. The van der Waals surface area contributed by atoms with Crippen LogP contribution >= 0.6 is 39.1 Å². The standard InChI is InChI=1S/C12H7BrCl2FNO2/c13-7-2-8(14)10(16)3-11(7)19-12-9(15)1-6(5-18)4-17-12/h1-4,18H,5H2. The van der Waals surface area contributed by atoms with Crippen LogP contribution in [0.1, 0.15) is 5.56 Å². The van der Waals surface area contributed by atoms with Crippen molar-refractivity contribution in [2.45, 2.75) is 6.61 Å². The number of aliphatic hydroxyl groups excluding tert-OH is 1. The number of rotatable bonds is 3. The molecular weight excluding hydrogens is 360 g/mol. The number of hydrogen-bond donors (Lipinski definition) is 1. The molecule has 3 nitrogen and oxygen atoms in total. The first-order valence-corrected chi connectivity index (χ1v) is 6.64. The van der Waals surface area contributed by atoms with E-state index in [4.69, 9.17) is 33.0 Å². The van der Waals surface area contributed by atoms with Crippen LogP contribution in [0.15, 0.2) is 28.9 Å². The molecule has 0 fully saturated rings. The first-order chi connectivity index (χ1) is 9.01. The van der Waals surface area contributed by atoms with Gasteiger partial charge in [0.25, 0.3) is 0 Å². The molecule has 1 N–H and O–H groups in total. The second-order valence-corrected chi connectivity index (χ2v) is 5.26. The molecule has 0 saturated carbocycles. The zero-order chi connectivity index (χ0) is 14.0. The highest BCUT2D eigenvalue weighted by Crippen LogP contribution is 2.35. The van der Waals surface area contributed by atoms with E-state index in [-0.39, 0.29) is 28.3 Å². The second kappa shape index (κ2) is 6.05. The van der Waals surface area contributed by atoms with Gasteiger partial charge in [-0.2, -0.15) is 0 Å². The Morgan fingerprint density at radius 2 is 2.00 bits per heavy atom. The van der Waals surface area contributed by atoms with E-state index < -0.39 is 5.82 Å². The molecule has 1 aromatic heterocycles. The molecule has 7 heteroatoms. The van der Waals surface area contributed by atoms with Gasteiger partial charge < -0.3 is 9.84 Å². The Balaban J connectivity index is 2.33. The van der Waals surface area contributed by atoms with Crippen molar-refractivity contribution in [3.8, 4) is 11.6 Å². The molecule has 0 aliphatic heterocycles. The molecule has 0 saturated heterocycles. The van der Waals surface area contributed by atoms with E-state index in [2.05, 4.69) is 20.9 Å². The Kier molecular flexibility index (Phi) is 4.62. The quantitative estimate of drug-likeness (QED) is 0.808. The maximum absolute atomic E-state index is 13.4. The summed E-state index contributed by atoms with van der Waals surface area (Å²) in [5.74, 6) is -0.294. The van der Waals surface area contributed by atoms with Gasteiger partial charge in [-0.3, -0.25) is 0 Å². The predicted octanol–water partition coefficient (Wildman–Crippen LogP) is 4.57. The highest BCUT2D eigenvalue weighted by molar-refractivity contribution is 9.10. The fourth-order valence-electron chi connectivity index (χ4n) is 1.31. The number of nitrogens with zero attached hydrogens (tertiary/aromatic N) is 1. The second-order valence-electron chi connectivity index (χ2n) is 3.59. The molecule has 1 aromatic carbocycles. The summed E-state index contributed by atoms with van der Waals surface area (Å²) in [7, 11) is 0. The molecule has 2 rings (SSSR count). The minimum absolute atomic E-state index is 0.0195. The van der Waals surface area contributed by atoms with Gasteiger partial charge in [-0.25, -0.2) is 9.37 Å². The summed E-state index contributed by atoms with van der Waals surface area (Å²) in [6.07, 6.45) is 1.42. The summed E-state index contributed by atoms with van der Waals surface area (Å²) >= 11 is 14.8. The van der Waals surface area contributed by atoms with Crippen LogP contribution in [0.25, 0.3) is 0 Å². The van der Waals surface area contributed by atoms with Gasteiger partial charge in [0, 0.05) is 12.3 Å². The minimum atomic E-state index is -0.608. The minimum Gasteiger partial charge on any atom is -0.436 e. The Morgan fingerprint density at radius 3 is 2.63 bits per heavy atom. The van der Waals surface area contributed by atoms with Crippen LogP contribution < -0.4 is 4.74 Å². The maximum atomic E-state index is 13.4. The lowest BCUT2D eigenvalue weighted by Gasteiger charge is -2.09. The number of hydrogen-bond acceptors (Lipinski definition) is 3. The average molecular weight is 367 g/mol. The summed E-state index contributed by atoms with van der Waals surface area (Å²) in [6.45, 7) is -0.174. The van der Waals surface area contributed by atoms with Crippen LogP contribution in [-0.2, 0) is 6.61 Å². The van der Waals surface area contributed by atoms with Gasteiger partial charge in [0.15, 0.2) is 0 Å².